The molecule has 43 heavy (non-hydrogen) atoms. The molecule has 0 radical (unpaired) electrons. The highest BCUT2D eigenvalue weighted by molar-refractivity contribution is 5.97. The standard InChI is InChI=1S/C27H48N8O8/c1-15(2)22(23(30)39)35-27(43)19(10-12-21(37)38)34-25(41)17(8-4-6-14-29)32-24(40)16(7-3-5-13-28)33-26(42)18-9-11-20(36)31-18/h15-19,22H,3-14,28-29H2,1-2H3,(H2,30,39)(H,31,36)(H,32,40)(H,33,42)(H,34,41)(H,35,43)(H,37,38)/t16-,17-,18-,19-,22-/m0/s1. The van der Waals surface area contributed by atoms with Gasteiger partial charge in [-0.3, -0.25) is 33.6 Å². The summed E-state index contributed by atoms with van der Waals surface area (Å²) < 4.78 is 0. The lowest BCUT2D eigenvalue weighted by Crippen LogP contribution is -2.59. The first-order chi connectivity index (χ1) is 20.3. The van der Waals surface area contributed by atoms with Gasteiger partial charge in [-0.05, 0) is 70.4 Å². The van der Waals surface area contributed by atoms with E-state index in [1.165, 1.54) is 0 Å². The van der Waals surface area contributed by atoms with Crippen molar-refractivity contribution >= 4 is 41.4 Å². The number of nitrogens with one attached hydrogen (secondary N) is 5. The van der Waals surface area contributed by atoms with Gasteiger partial charge in [0.1, 0.15) is 30.2 Å². The van der Waals surface area contributed by atoms with Crippen molar-refractivity contribution in [1.82, 2.24) is 26.6 Å². The molecular formula is C27H48N8O8. The number of amides is 6. The van der Waals surface area contributed by atoms with E-state index in [0.29, 0.717) is 45.2 Å². The van der Waals surface area contributed by atoms with Gasteiger partial charge in [-0.2, -0.15) is 0 Å². The molecule has 16 nitrogen and oxygen atoms in total. The molecule has 1 saturated heterocycles. The summed E-state index contributed by atoms with van der Waals surface area (Å²) in [6, 6.07) is -5.36. The van der Waals surface area contributed by atoms with Crippen LogP contribution in [0.1, 0.15) is 78.1 Å². The van der Waals surface area contributed by atoms with Crippen molar-refractivity contribution in [3.63, 3.8) is 0 Å². The molecule has 1 aliphatic rings. The van der Waals surface area contributed by atoms with E-state index in [0.717, 1.165) is 0 Å². The molecule has 0 aromatic carbocycles. The molecule has 16 heteroatoms. The Balaban J connectivity index is 3.13. The summed E-state index contributed by atoms with van der Waals surface area (Å²) in [6.07, 6.45) is 2.17. The Hall–Kier alpha value is -3.79. The van der Waals surface area contributed by atoms with Gasteiger partial charge in [0, 0.05) is 12.8 Å². The summed E-state index contributed by atoms with van der Waals surface area (Å²) in [6.45, 7) is 4.03. The number of unbranched alkanes of at least 4 members (excludes halogenated alkanes) is 2. The van der Waals surface area contributed by atoms with Crippen molar-refractivity contribution in [2.45, 2.75) is 108 Å². The zero-order valence-electron chi connectivity index (χ0n) is 25.0. The largest absolute Gasteiger partial charge is 0.481 e. The van der Waals surface area contributed by atoms with Crippen LogP contribution in [0, 0.1) is 5.92 Å². The van der Waals surface area contributed by atoms with Crippen LogP contribution >= 0.6 is 0 Å². The number of carboxylic acids is 1. The first-order valence-corrected chi connectivity index (χ1v) is 14.7. The summed E-state index contributed by atoms with van der Waals surface area (Å²) in [5.74, 6) is -5.37. The normalized spacial score (nSPS) is 17.2. The fourth-order valence-corrected chi connectivity index (χ4v) is 4.51. The summed E-state index contributed by atoms with van der Waals surface area (Å²) in [5, 5.41) is 22.0. The monoisotopic (exact) mass is 612 g/mol. The minimum atomic E-state index is -1.34. The molecule has 0 aromatic rings. The summed E-state index contributed by atoms with van der Waals surface area (Å²) in [5.41, 5.74) is 16.6. The number of aliphatic carboxylic acids is 1. The highest BCUT2D eigenvalue weighted by Crippen LogP contribution is 2.11. The van der Waals surface area contributed by atoms with Gasteiger partial charge in [-0.1, -0.05) is 13.8 Å². The number of carbonyl (C=O) groups is 7. The molecule has 0 saturated carbocycles. The van der Waals surface area contributed by atoms with Crippen molar-refractivity contribution in [2.75, 3.05) is 13.1 Å². The minimum Gasteiger partial charge on any atom is -0.481 e. The van der Waals surface area contributed by atoms with Crippen LogP contribution in [0.3, 0.4) is 0 Å². The van der Waals surface area contributed by atoms with Crippen molar-refractivity contribution in [1.29, 1.82) is 0 Å². The number of rotatable bonds is 21. The lowest BCUT2D eigenvalue weighted by molar-refractivity contribution is -0.138. The molecule has 1 aliphatic heterocycles. The van der Waals surface area contributed by atoms with Crippen LogP contribution < -0.4 is 43.8 Å². The van der Waals surface area contributed by atoms with Crippen molar-refractivity contribution in [2.24, 2.45) is 23.1 Å². The fraction of sp³-hybridized carbons (Fsp3) is 0.741. The number of hydrogen-bond donors (Lipinski definition) is 9. The third kappa shape index (κ3) is 13.8. The fourth-order valence-electron chi connectivity index (χ4n) is 4.51. The molecule has 0 unspecified atom stereocenters. The molecule has 0 aromatic heterocycles. The van der Waals surface area contributed by atoms with Crippen LogP contribution in [0.15, 0.2) is 0 Å². The lowest BCUT2D eigenvalue weighted by atomic mass is 10.0. The van der Waals surface area contributed by atoms with Gasteiger partial charge < -0.3 is 48.9 Å². The maximum absolute atomic E-state index is 13.4. The smallest absolute Gasteiger partial charge is 0.303 e. The van der Waals surface area contributed by atoms with Gasteiger partial charge in [-0.15, -0.1) is 0 Å². The number of primary amides is 1. The van der Waals surface area contributed by atoms with Crippen LogP contribution in [-0.4, -0.2) is 89.8 Å². The van der Waals surface area contributed by atoms with E-state index in [9.17, 15) is 38.7 Å². The Labute approximate surface area is 251 Å². The van der Waals surface area contributed by atoms with E-state index in [2.05, 4.69) is 26.6 Å². The molecule has 0 aliphatic carbocycles. The summed E-state index contributed by atoms with van der Waals surface area (Å²) >= 11 is 0. The minimum absolute atomic E-state index is 0.139. The zero-order valence-corrected chi connectivity index (χ0v) is 25.0. The van der Waals surface area contributed by atoms with Crippen LogP contribution in [-0.2, 0) is 33.6 Å². The highest BCUT2D eigenvalue weighted by atomic mass is 16.4. The van der Waals surface area contributed by atoms with Gasteiger partial charge in [0.25, 0.3) is 0 Å². The van der Waals surface area contributed by atoms with E-state index in [1.54, 1.807) is 13.8 Å². The molecule has 5 atom stereocenters. The maximum Gasteiger partial charge on any atom is 0.303 e. The van der Waals surface area contributed by atoms with E-state index in [4.69, 9.17) is 17.2 Å². The van der Waals surface area contributed by atoms with Crippen LogP contribution in [0.25, 0.3) is 0 Å². The molecule has 1 rings (SSSR count). The van der Waals surface area contributed by atoms with Crippen molar-refractivity contribution < 1.29 is 38.7 Å². The SMILES string of the molecule is CC(C)[C@H](NC(=O)[C@H](CCC(=O)O)NC(=O)[C@H](CCCCN)NC(=O)[C@H](CCCCN)NC(=O)[C@@H]1CCC(=O)N1)C(N)=O. The Kier molecular flexibility index (Phi) is 16.8. The second kappa shape index (κ2) is 19.4. The van der Waals surface area contributed by atoms with E-state index < -0.39 is 72.1 Å². The number of hydrogen-bond acceptors (Lipinski definition) is 9. The molecular weight excluding hydrogens is 564 g/mol. The second-order valence-electron chi connectivity index (χ2n) is 11.0. The van der Waals surface area contributed by atoms with Gasteiger partial charge in [-0.25, -0.2) is 0 Å². The highest BCUT2D eigenvalue weighted by Gasteiger charge is 2.33. The predicted molar refractivity (Wildman–Crippen MR) is 156 cm³/mol. The van der Waals surface area contributed by atoms with Gasteiger partial charge in [0.2, 0.25) is 35.4 Å². The Morgan fingerprint density at radius 3 is 1.72 bits per heavy atom. The van der Waals surface area contributed by atoms with E-state index >= 15 is 0 Å². The maximum atomic E-state index is 13.4. The van der Waals surface area contributed by atoms with E-state index in [1.807, 2.05) is 0 Å². The van der Waals surface area contributed by atoms with Crippen molar-refractivity contribution in [3.8, 4) is 0 Å². The average Bonchev–Trinajstić information content (AvgIpc) is 3.38. The number of nitrogens with two attached hydrogens (primary N) is 3. The van der Waals surface area contributed by atoms with Crippen LogP contribution in [0.4, 0.5) is 0 Å². The Morgan fingerprint density at radius 1 is 0.814 bits per heavy atom. The quantitative estimate of drug-likeness (QED) is 0.0613. The van der Waals surface area contributed by atoms with Gasteiger partial charge >= 0.3 is 5.97 Å². The third-order valence-electron chi connectivity index (χ3n) is 7.02. The van der Waals surface area contributed by atoms with Gasteiger partial charge in [0.15, 0.2) is 0 Å². The Morgan fingerprint density at radius 2 is 1.30 bits per heavy atom. The first-order valence-electron chi connectivity index (χ1n) is 14.7. The second-order valence-corrected chi connectivity index (χ2v) is 11.0. The summed E-state index contributed by atoms with van der Waals surface area (Å²) in [4.78, 5) is 87.2. The predicted octanol–water partition coefficient (Wildman–Crippen LogP) is -2.53. The Bertz CT molecular complexity index is 992. The first kappa shape index (κ1) is 37.2. The summed E-state index contributed by atoms with van der Waals surface area (Å²) in [7, 11) is 0. The molecule has 0 spiro atoms. The van der Waals surface area contributed by atoms with Crippen molar-refractivity contribution in [3.05, 3.63) is 0 Å². The molecule has 1 heterocycles. The molecule has 6 amide bonds. The molecule has 1 fully saturated rings. The van der Waals surface area contributed by atoms with Crippen LogP contribution in [0.5, 0.6) is 0 Å². The number of carbonyl (C=O) groups excluding carboxylic acids is 6. The molecule has 0 bridgehead atoms. The lowest BCUT2D eigenvalue weighted by Gasteiger charge is -2.27. The van der Waals surface area contributed by atoms with E-state index in [-0.39, 0.29) is 37.5 Å². The third-order valence-corrected chi connectivity index (χ3v) is 7.02. The zero-order chi connectivity index (χ0) is 32.5. The molecule has 244 valence electrons. The number of carboxylic acid groups (broad SMARTS) is 1. The average molecular weight is 613 g/mol. The van der Waals surface area contributed by atoms with Crippen LogP contribution in [0.2, 0.25) is 0 Å². The molecule has 12 N–H and O–H groups in total. The topological polar surface area (TPSA) is 278 Å². The van der Waals surface area contributed by atoms with Gasteiger partial charge in [0.05, 0.1) is 0 Å².